The molecule has 2 rings (SSSR count). The summed E-state index contributed by atoms with van der Waals surface area (Å²) in [5.74, 6) is 0.333. The summed E-state index contributed by atoms with van der Waals surface area (Å²) in [7, 11) is 1.34. The van der Waals surface area contributed by atoms with Crippen molar-refractivity contribution in [2.24, 2.45) is 0 Å². The molecule has 0 saturated carbocycles. The van der Waals surface area contributed by atoms with Crippen LogP contribution < -0.4 is 0 Å². The van der Waals surface area contributed by atoms with Crippen LogP contribution in [0.1, 0.15) is 33.0 Å². The highest BCUT2D eigenvalue weighted by atomic mass is 32.1. The molecule has 0 bridgehead atoms. The average Bonchev–Trinajstić information content (AvgIpc) is 2.45. The molecule has 21 heavy (non-hydrogen) atoms. The van der Waals surface area contributed by atoms with Crippen LogP contribution >= 0.6 is 12.2 Å². The van der Waals surface area contributed by atoms with E-state index in [-0.39, 0.29) is 4.64 Å². The average molecular weight is 302 g/mol. The molecule has 0 fully saturated rings. The van der Waals surface area contributed by atoms with Crippen LogP contribution in [0.4, 0.5) is 0 Å². The first-order valence-electron chi connectivity index (χ1n) is 6.75. The van der Waals surface area contributed by atoms with Gasteiger partial charge in [0, 0.05) is 12.1 Å². The summed E-state index contributed by atoms with van der Waals surface area (Å²) < 4.78 is 5.01. The number of aromatic nitrogens is 2. The first-order valence-corrected chi connectivity index (χ1v) is 7.16. The Morgan fingerprint density at radius 1 is 1.29 bits per heavy atom. The van der Waals surface area contributed by atoms with Gasteiger partial charge >= 0.3 is 5.97 Å². The van der Waals surface area contributed by atoms with Crippen LogP contribution in [0.15, 0.2) is 24.3 Å². The van der Waals surface area contributed by atoms with Crippen molar-refractivity contribution in [2.45, 2.75) is 26.7 Å². The van der Waals surface area contributed by atoms with Gasteiger partial charge in [-0.15, -0.1) is 0 Å². The van der Waals surface area contributed by atoms with Crippen LogP contribution in [0.25, 0.3) is 0 Å². The van der Waals surface area contributed by atoms with E-state index in [1.165, 1.54) is 18.2 Å². The molecule has 2 aromatic rings. The lowest BCUT2D eigenvalue weighted by Gasteiger charge is -2.08. The number of carbonyl (C=O) groups is 1. The van der Waals surface area contributed by atoms with E-state index in [0.29, 0.717) is 11.3 Å². The molecule has 1 N–H and O–H groups in total. The zero-order valence-corrected chi connectivity index (χ0v) is 13.2. The summed E-state index contributed by atoms with van der Waals surface area (Å²) in [5, 5.41) is 0. The van der Waals surface area contributed by atoms with Crippen LogP contribution in [0.3, 0.4) is 0 Å². The van der Waals surface area contributed by atoms with Crippen molar-refractivity contribution in [3.63, 3.8) is 0 Å². The van der Waals surface area contributed by atoms with E-state index in [1.807, 2.05) is 12.1 Å². The molecule has 0 saturated heterocycles. The number of esters is 1. The maximum absolute atomic E-state index is 11.6. The molecular weight excluding hydrogens is 284 g/mol. The molecule has 4 nitrogen and oxygen atoms in total. The first-order chi connectivity index (χ1) is 10.0. The molecule has 0 spiro atoms. The van der Waals surface area contributed by atoms with Crippen LogP contribution in [0.2, 0.25) is 0 Å². The van der Waals surface area contributed by atoms with E-state index in [2.05, 4.69) is 29.0 Å². The second kappa shape index (κ2) is 6.63. The van der Waals surface area contributed by atoms with E-state index < -0.39 is 5.97 Å². The first kappa shape index (κ1) is 15.4. The molecule has 1 aromatic carbocycles. The topological polar surface area (TPSA) is 55.0 Å². The minimum absolute atomic E-state index is 0.290. The highest BCUT2D eigenvalue weighted by molar-refractivity contribution is 7.71. The van der Waals surface area contributed by atoms with E-state index in [9.17, 15) is 4.79 Å². The van der Waals surface area contributed by atoms with Gasteiger partial charge in [-0.1, -0.05) is 36.5 Å². The Bertz CT molecular complexity index is 722. The maximum atomic E-state index is 11.6. The summed E-state index contributed by atoms with van der Waals surface area (Å²) in [6.45, 7) is 3.90. The van der Waals surface area contributed by atoms with Crippen molar-refractivity contribution in [1.29, 1.82) is 0 Å². The highest BCUT2D eigenvalue weighted by Gasteiger charge is 2.14. The molecule has 5 heteroatoms. The molecule has 1 aromatic heterocycles. The lowest BCUT2D eigenvalue weighted by molar-refractivity contribution is 0.0598. The van der Waals surface area contributed by atoms with Crippen molar-refractivity contribution >= 4 is 18.2 Å². The fourth-order valence-corrected chi connectivity index (χ4v) is 2.60. The Morgan fingerprint density at radius 3 is 2.62 bits per heavy atom. The van der Waals surface area contributed by atoms with Gasteiger partial charge in [0.2, 0.25) is 0 Å². The fraction of sp³-hybridized carbons (Fsp3) is 0.312. The second-order valence-electron chi connectivity index (χ2n) is 4.91. The number of hydrogen-bond donors (Lipinski definition) is 1. The predicted octanol–water partition coefficient (Wildman–Crippen LogP) is 3.33. The summed E-state index contributed by atoms with van der Waals surface area (Å²) in [6, 6.07) is 8.26. The number of rotatable bonds is 4. The summed E-state index contributed by atoms with van der Waals surface area (Å²) >= 11 is 5.19. The molecular formula is C16H18N2O2S. The third-order valence-electron chi connectivity index (χ3n) is 3.44. The number of nitrogens with zero attached hydrogens (tertiary/aromatic N) is 1. The van der Waals surface area contributed by atoms with Crippen LogP contribution in [-0.2, 0) is 17.6 Å². The van der Waals surface area contributed by atoms with Gasteiger partial charge in [0.15, 0.2) is 0 Å². The second-order valence-corrected chi connectivity index (χ2v) is 5.29. The molecule has 0 aliphatic rings. The number of aromatic amines is 1. The van der Waals surface area contributed by atoms with E-state index in [4.69, 9.17) is 17.0 Å². The van der Waals surface area contributed by atoms with Crippen LogP contribution in [0.5, 0.6) is 0 Å². The lowest BCUT2D eigenvalue weighted by Crippen LogP contribution is -2.10. The van der Waals surface area contributed by atoms with E-state index >= 15 is 0 Å². The van der Waals surface area contributed by atoms with Gasteiger partial charge in [-0.2, -0.15) is 0 Å². The zero-order valence-electron chi connectivity index (χ0n) is 12.4. The number of methoxy groups -OCH3 is 1. The SMILES string of the molecule is COC(=O)c1c(C)[nH]c(CCc2ccccc2C)nc1=S. The third-order valence-corrected chi connectivity index (χ3v) is 3.73. The van der Waals surface area contributed by atoms with Gasteiger partial charge < -0.3 is 9.72 Å². The fourth-order valence-electron chi connectivity index (χ4n) is 2.25. The van der Waals surface area contributed by atoms with E-state index in [1.54, 1.807) is 6.92 Å². The van der Waals surface area contributed by atoms with Crippen molar-refractivity contribution in [2.75, 3.05) is 7.11 Å². The van der Waals surface area contributed by atoms with Crippen molar-refractivity contribution in [3.8, 4) is 0 Å². The number of carbonyl (C=O) groups excluding carboxylic acids is 1. The highest BCUT2D eigenvalue weighted by Crippen LogP contribution is 2.12. The van der Waals surface area contributed by atoms with Gasteiger partial charge in [-0.25, -0.2) is 9.78 Å². The number of hydrogen-bond acceptors (Lipinski definition) is 4. The molecule has 110 valence electrons. The molecule has 0 unspecified atom stereocenters. The largest absolute Gasteiger partial charge is 0.465 e. The van der Waals surface area contributed by atoms with E-state index in [0.717, 1.165) is 18.7 Å². The Morgan fingerprint density at radius 2 is 2.00 bits per heavy atom. The maximum Gasteiger partial charge on any atom is 0.342 e. The van der Waals surface area contributed by atoms with Crippen molar-refractivity contribution in [1.82, 2.24) is 9.97 Å². The van der Waals surface area contributed by atoms with Crippen LogP contribution in [-0.4, -0.2) is 23.0 Å². The van der Waals surface area contributed by atoms with Crippen molar-refractivity contribution in [3.05, 3.63) is 57.1 Å². The standard InChI is InChI=1S/C16H18N2O2S/c1-10-6-4-5-7-12(10)8-9-13-17-11(2)14(15(21)18-13)16(19)20-3/h4-7H,8-9H2,1-3H3,(H,17,18,21). The van der Waals surface area contributed by atoms with Gasteiger partial charge in [0.25, 0.3) is 0 Å². The Labute approximate surface area is 129 Å². The molecule has 0 aliphatic heterocycles. The third kappa shape index (κ3) is 3.55. The summed E-state index contributed by atoms with van der Waals surface area (Å²) in [4.78, 5) is 19.1. The Balaban J connectivity index is 2.21. The lowest BCUT2D eigenvalue weighted by atomic mass is 10.0. The Kier molecular flexibility index (Phi) is 4.85. The smallest absolute Gasteiger partial charge is 0.342 e. The van der Waals surface area contributed by atoms with Gasteiger partial charge in [-0.3, -0.25) is 0 Å². The molecule has 0 amide bonds. The number of nitrogens with one attached hydrogen (secondary N) is 1. The summed E-state index contributed by atoms with van der Waals surface area (Å²) in [5.41, 5.74) is 3.58. The van der Waals surface area contributed by atoms with Gasteiger partial charge in [0.05, 0.1) is 7.11 Å². The number of benzene rings is 1. The predicted molar refractivity (Wildman–Crippen MR) is 84.1 cm³/mol. The van der Waals surface area contributed by atoms with Crippen molar-refractivity contribution < 1.29 is 9.53 Å². The quantitative estimate of drug-likeness (QED) is 0.695. The Hall–Kier alpha value is -2.01. The van der Waals surface area contributed by atoms with Gasteiger partial charge in [0.1, 0.15) is 16.0 Å². The minimum Gasteiger partial charge on any atom is -0.465 e. The number of ether oxygens (including phenoxy) is 1. The molecule has 0 atom stereocenters. The van der Waals surface area contributed by atoms with Gasteiger partial charge in [-0.05, 0) is 31.4 Å². The monoisotopic (exact) mass is 302 g/mol. The van der Waals surface area contributed by atoms with Crippen LogP contribution in [0, 0.1) is 18.5 Å². The zero-order chi connectivity index (χ0) is 15.4. The normalized spacial score (nSPS) is 10.4. The summed E-state index contributed by atoms with van der Waals surface area (Å²) in [6.07, 6.45) is 1.62. The minimum atomic E-state index is -0.452. The number of aryl methyl sites for hydroxylation is 4. The molecule has 0 aliphatic carbocycles. The molecule has 0 radical (unpaired) electrons. The number of H-pyrrole nitrogens is 1. The molecule has 1 heterocycles.